The van der Waals surface area contributed by atoms with E-state index in [-0.39, 0.29) is 0 Å². The van der Waals surface area contributed by atoms with Crippen molar-refractivity contribution in [3.8, 4) is 44.8 Å². The van der Waals surface area contributed by atoms with Gasteiger partial charge < -0.3 is 9.13 Å². The Bertz CT molecular complexity index is 3450. The van der Waals surface area contributed by atoms with Crippen LogP contribution in [0.15, 0.2) is 212 Å². The van der Waals surface area contributed by atoms with Crippen LogP contribution in [0.5, 0.6) is 0 Å². The molecule has 0 atom stereocenters. The van der Waals surface area contributed by atoms with Crippen LogP contribution in [0.2, 0.25) is 0 Å². The molecule has 0 spiro atoms. The fourth-order valence-electron chi connectivity index (χ4n) is 9.86. The first kappa shape index (κ1) is 33.5. The van der Waals surface area contributed by atoms with Gasteiger partial charge in [0.05, 0.1) is 22.1 Å². The molecule has 0 fully saturated rings. The fourth-order valence-corrected chi connectivity index (χ4v) is 9.86. The summed E-state index contributed by atoms with van der Waals surface area (Å²) in [5.41, 5.74) is 20.0. The first-order valence-electron chi connectivity index (χ1n) is 20.5. The number of para-hydroxylation sites is 3. The smallest absolute Gasteiger partial charge is 0.0547 e. The molecule has 12 rings (SSSR count). The summed E-state index contributed by atoms with van der Waals surface area (Å²) in [5, 5.41) is 5.13. The van der Waals surface area contributed by atoms with Crippen molar-refractivity contribution < 1.29 is 0 Å². The van der Waals surface area contributed by atoms with Crippen molar-refractivity contribution in [1.82, 2.24) is 9.13 Å². The predicted molar refractivity (Wildman–Crippen MR) is 249 cm³/mol. The topological polar surface area (TPSA) is 9.86 Å². The van der Waals surface area contributed by atoms with Crippen LogP contribution in [0.25, 0.3) is 100 Å². The molecule has 2 nitrogen and oxygen atoms in total. The highest BCUT2D eigenvalue weighted by Crippen LogP contribution is 2.48. The number of allylic oxidation sites excluding steroid dienone is 1. The van der Waals surface area contributed by atoms with Gasteiger partial charge in [-0.3, -0.25) is 0 Å². The zero-order valence-electron chi connectivity index (χ0n) is 32.4. The highest BCUT2D eigenvalue weighted by molar-refractivity contribution is 6.19. The number of hydrogen-bond donors (Lipinski definition) is 0. The molecule has 11 aromatic rings. The minimum Gasteiger partial charge on any atom is -0.309 e. The first-order valence-corrected chi connectivity index (χ1v) is 20.5. The minimum absolute atomic E-state index is 0.844. The van der Waals surface area contributed by atoms with Crippen LogP contribution in [0.1, 0.15) is 16.7 Å². The summed E-state index contributed by atoms with van der Waals surface area (Å²) in [6, 6.07) is 77.6. The third-order valence-corrected chi connectivity index (χ3v) is 12.4. The standard InChI is InChI=1S/C57H38N2/c1-3-17-38(18-4-1)39-20-15-23-44(37-39)59-52-31-14-12-28-50(52)57-54(59)34-33-41-36-42(46-25-9-10-26-47(46)55(41)57)35-40-19-7-8-24-45(40)48-29-16-32-53-56(48)49-27-11-13-30-51(49)58(53)43-21-5-2-6-22-43/h1-35,37H,36H2. The van der Waals surface area contributed by atoms with Crippen molar-refractivity contribution in [3.63, 3.8) is 0 Å². The van der Waals surface area contributed by atoms with E-state index in [1.807, 2.05) is 0 Å². The Hall–Kier alpha value is -7.68. The summed E-state index contributed by atoms with van der Waals surface area (Å²) in [5.74, 6) is 0. The van der Waals surface area contributed by atoms with Crippen molar-refractivity contribution in [2.24, 2.45) is 0 Å². The molecular formula is C57H38N2. The molecule has 2 heterocycles. The van der Waals surface area contributed by atoms with Gasteiger partial charge in [-0.2, -0.15) is 0 Å². The lowest BCUT2D eigenvalue weighted by molar-refractivity contribution is 1.18. The average molecular weight is 751 g/mol. The summed E-state index contributed by atoms with van der Waals surface area (Å²) in [6.45, 7) is 0. The third-order valence-electron chi connectivity index (χ3n) is 12.4. The SMILES string of the molecule is C(=C1Cc2ccc3c(c2-c2ccccc21)c1ccccc1n3-c1cccc(-c2ccccc2)c1)c1ccccc1-c1cccc2c1c1ccccc1n2-c1ccccc1. The van der Waals surface area contributed by atoms with Gasteiger partial charge in [-0.15, -0.1) is 0 Å². The molecule has 0 unspecified atom stereocenters. The van der Waals surface area contributed by atoms with E-state index in [2.05, 4.69) is 228 Å². The van der Waals surface area contributed by atoms with E-state index in [4.69, 9.17) is 0 Å². The number of benzene rings is 9. The third kappa shape index (κ3) is 5.27. The first-order chi connectivity index (χ1) is 29.3. The molecule has 2 heteroatoms. The number of nitrogens with zero attached hydrogens (tertiary/aromatic N) is 2. The highest BCUT2D eigenvalue weighted by atomic mass is 15.0. The molecular weight excluding hydrogens is 713 g/mol. The molecule has 1 aliphatic carbocycles. The van der Waals surface area contributed by atoms with Crippen molar-refractivity contribution >= 4 is 55.3 Å². The van der Waals surface area contributed by atoms with E-state index < -0.39 is 0 Å². The predicted octanol–water partition coefficient (Wildman–Crippen LogP) is 15.0. The summed E-state index contributed by atoms with van der Waals surface area (Å²) in [4.78, 5) is 0. The highest BCUT2D eigenvalue weighted by Gasteiger charge is 2.26. The van der Waals surface area contributed by atoms with Crippen molar-refractivity contribution in [2.75, 3.05) is 0 Å². The van der Waals surface area contributed by atoms with E-state index in [9.17, 15) is 0 Å². The molecule has 59 heavy (non-hydrogen) atoms. The molecule has 0 amide bonds. The van der Waals surface area contributed by atoms with Crippen molar-refractivity contribution in [3.05, 3.63) is 229 Å². The fraction of sp³-hybridized carbons (Fsp3) is 0.0175. The molecule has 1 aliphatic rings. The van der Waals surface area contributed by atoms with Crippen molar-refractivity contribution in [2.45, 2.75) is 6.42 Å². The van der Waals surface area contributed by atoms with Gasteiger partial charge in [0.25, 0.3) is 0 Å². The lowest BCUT2D eigenvalue weighted by Gasteiger charge is -2.24. The van der Waals surface area contributed by atoms with Gasteiger partial charge in [0, 0.05) is 32.9 Å². The van der Waals surface area contributed by atoms with Crippen LogP contribution in [0.3, 0.4) is 0 Å². The van der Waals surface area contributed by atoms with Gasteiger partial charge in [0.2, 0.25) is 0 Å². The molecule has 276 valence electrons. The summed E-state index contributed by atoms with van der Waals surface area (Å²) >= 11 is 0. The molecule has 0 N–H and O–H groups in total. The Kier molecular flexibility index (Phi) is 7.64. The Labute approximate surface area is 343 Å². The van der Waals surface area contributed by atoms with Gasteiger partial charge in [-0.25, -0.2) is 0 Å². The summed E-state index contributed by atoms with van der Waals surface area (Å²) in [7, 11) is 0. The molecule has 0 saturated carbocycles. The van der Waals surface area contributed by atoms with Crippen LogP contribution in [0.4, 0.5) is 0 Å². The van der Waals surface area contributed by atoms with Gasteiger partial charge >= 0.3 is 0 Å². The zero-order valence-corrected chi connectivity index (χ0v) is 32.4. The quantitative estimate of drug-likeness (QED) is 0.166. The molecule has 0 radical (unpaired) electrons. The van der Waals surface area contributed by atoms with Crippen LogP contribution >= 0.6 is 0 Å². The van der Waals surface area contributed by atoms with Crippen LogP contribution in [-0.4, -0.2) is 9.13 Å². The van der Waals surface area contributed by atoms with E-state index in [0.29, 0.717) is 0 Å². The Morgan fingerprint density at radius 1 is 0.356 bits per heavy atom. The monoisotopic (exact) mass is 750 g/mol. The summed E-state index contributed by atoms with van der Waals surface area (Å²) < 4.78 is 4.86. The second-order valence-corrected chi connectivity index (χ2v) is 15.6. The number of fused-ring (bicyclic) bond motifs is 10. The largest absolute Gasteiger partial charge is 0.309 e. The molecule has 0 bridgehead atoms. The normalized spacial score (nSPS) is 13.1. The Morgan fingerprint density at radius 2 is 0.898 bits per heavy atom. The number of aromatic nitrogens is 2. The molecule has 0 saturated heterocycles. The maximum atomic E-state index is 2.46. The molecule has 2 aromatic heterocycles. The van der Waals surface area contributed by atoms with Crippen LogP contribution in [-0.2, 0) is 6.42 Å². The van der Waals surface area contributed by atoms with E-state index >= 15 is 0 Å². The molecule has 0 aliphatic heterocycles. The maximum Gasteiger partial charge on any atom is 0.0547 e. The zero-order chi connectivity index (χ0) is 38.9. The Morgan fingerprint density at radius 3 is 1.69 bits per heavy atom. The average Bonchev–Trinajstić information content (AvgIpc) is 3.83. The van der Waals surface area contributed by atoms with E-state index in [0.717, 1.165) is 6.42 Å². The Balaban J connectivity index is 1.03. The lowest BCUT2D eigenvalue weighted by Crippen LogP contribution is -2.04. The molecule has 9 aromatic carbocycles. The van der Waals surface area contributed by atoms with Gasteiger partial charge in [0.15, 0.2) is 0 Å². The second kappa shape index (κ2) is 13.5. The second-order valence-electron chi connectivity index (χ2n) is 15.6. The van der Waals surface area contributed by atoms with Crippen LogP contribution in [0, 0.1) is 0 Å². The van der Waals surface area contributed by atoms with E-state index in [1.54, 1.807) is 0 Å². The minimum atomic E-state index is 0.844. The van der Waals surface area contributed by atoms with Crippen LogP contribution < -0.4 is 0 Å². The summed E-state index contributed by atoms with van der Waals surface area (Å²) in [6.07, 6.45) is 3.30. The van der Waals surface area contributed by atoms with Gasteiger partial charge in [-0.05, 0) is 111 Å². The number of rotatable bonds is 5. The lowest BCUT2D eigenvalue weighted by atomic mass is 9.79. The van der Waals surface area contributed by atoms with Gasteiger partial charge in [0.1, 0.15) is 0 Å². The van der Waals surface area contributed by atoms with Crippen molar-refractivity contribution in [1.29, 1.82) is 0 Å². The number of hydrogen-bond acceptors (Lipinski definition) is 0. The maximum absolute atomic E-state index is 2.46. The van der Waals surface area contributed by atoms with E-state index in [1.165, 1.54) is 111 Å². The van der Waals surface area contributed by atoms with Gasteiger partial charge in [-0.1, -0.05) is 170 Å².